The molecule has 1 amide bonds. The van der Waals surface area contributed by atoms with Crippen LogP contribution in [0, 0.1) is 0 Å². The summed E-state index contributed by atoms with van der Waals surface area (Å²) in [5, 5.41) is 0. The Morgan fingerprint density at radius 1 is 1.13 bits per heavy atom. The molecule has 0 saturated carbocycles. The average molecular weight is 257 g/mol. The van der Waals surface area contributed by atoms with E-state index in [0.717, 1.165) is 5.67 Å². The summed E-state index contributed by atoms with van der Waals surface area (Å²) in [7, 11) is -3.71. The maximum Gasteiger partial charge on any atom is 0.470 e. The summed E-state index contributed by atoms with van der Waals surface area (Å²) in [5.74, 6) is -1.79. The topological polar surface area (TPSA) is 29.1 Å². The van der Waals surface area contributed by atoms with Crippen LogP contribution in [0.2, 0.25) is 38.4 Å². The Bertz CT molecular complexity index is 245. The molecule has 0 fully saturated rings. The van der Waals surface area contributed by atoms with E-state index in [1.54, 1.807) is 13.1 Å². The molecular formula is C8H18F3NOSi2. The molecule has 0 atom stereocenters. The van der Waals surface area contributed by atoms with Gasteiger partial charge >= 0.3 is 12.1 Å². The van der Waals surface area contributed by atoms with Gasteiger partial charge in [-0.2, -0.15) is 13.2 Å². The second kappa shape index (κ2) is 4.28. The van der Waals surface area contributed by atoms with E-state index in [0.29, 0.717) is 0 Å². The zero-order valence-corrected chi connectivity index (χ0v) is 11.7. The molecule has 15 heavy (non-hydrogen) atoms. The average Bonchev–Trinajstić information content (AvgIpc) is 1.76. The van der Waals surface area contributed by atoms with E-state index >= 15 is 0 Å². The first-order valence-electron chi connectivity index (χ1n) is 4.73. The Balaban J connectivity index is 4.46. The van der Waals surface area contributed by atoms with Crippen LogP contribution < -0.4 is 4.98 Å². The fraction of sp³-hybridized carbons (Fsp3) is 0.875. The number of amides is 1. The Morgan fingerprint density at radius 2 is 1.53 bits per heavy atom. The van der Waals surface area contributed by atoms with Crippen molar-refractivity contribution in [2.45, 2.75) is 44.6 Å². The predicted octanol–water partition coefficient (Wildman–Crippen LogP) is 2.75. The first-order valence-corrected chi connectivity index (χ1v) is 11.6. The van der Waals surface area contributed by atoms with Gasteiger partial charge in [-0.1, -0.05) is 32.7 Å². The molecular weight excluding hydrogens is 239 g/mol. The van der Waals surface area contributed by atoms with Crippen molar-refractivity contribution in [1.82, 2.24) is 4.98 Å². The first-order chi connectivity index (χ1) is 6.33. The lowest BCUT2D eigenvalue weighted by Gasteiger charge is -2.30. The van der Waals surface area contributed by atoms with E-state index < -0.39 is 28.4 Å². The molecule has 0 spiro atoms. The lowest BCUT2D eigenvalue weighted by atomic mass is 10.6. The summed E-state index contributed by atoms with van der Waals surface area (Å²) in [6, 6.07) is 0. The van der Waals surface area contributed by atoms with Crippen molar-refractivity contribution in [3.05, 3.63) is 0 Å². The van der Waals surface area contributed by atoms with Crippen molar-refractivity contribution in [2.75, 3.05) is 0 Å². The molecule has 90 valence electrons. The SMILES string of the molecule is C[Si](C)(C)C[Si](C)(C)NC(=O)C(F)(F)F. The number of halogens is 3. The summed E-state index contributed by atoms with van der Waals surface area (Å²) in [5.41, 5.74) is 0.752. The summed E-state index contributed by atoms with van der Waals surface area (Å²) in [6.45, 7) is 9.77. The van der Waals surface area contributed by atoms with Gasteiger partial charge in [-0.25, -0.2) is 0 Å². The number of nitrogens with one attached hydrogen (secondary N) is 1. The number of hydrogen-bond donors (Lipinski definition) is 1. The third-order valence-corrected chi connectivity index (χ3v) is 10.4. The van der Waals surface area contributed by atoms with Gasteiger partial charge in [0.15, 0.2) is 0 Å². The van der Waals surface area contributed by atoms with Crippen LogP contribution in [0.25, 0.3) is 0 Å². The molecule has 0 saturated heterocycles. The highest BCUT2D eigenvalue weighted by Gasteiger charge is 2.42. The highest BCUT2D eigenvalue weighted by molar-refractivity contribution is 6.94. The van der Waals surface area contributed by atoms with Gasteiger partial charge in [-0.15, -0.1) is 0 Å². The summed E-state index contributed by atoms with van der Waals surface area (Å²) >= 11 is 0. The van der Waals surface area contributed by atoms with Crippen LogP contribution in [0.15, 0.2) is 0 Å². The molecule has 2 nitrogen and oxygen atoms in total. The first kappa shape index (κ1) is 14.7. The molecule has 0 heterocycles. The monoisotopic (exact) mass is 257 g/mol. The van der Waals surface area contributed by atoms with Gasteiger partial charge in [0.05, 0.1) is 0 Å². The number of hydrogen-bond acceptors (Lipinski definition) is 1. The zero-order valence-electron chi connectivity index (χ0n) is 9.75. The zero-order chi connectivity index (χ0) is 12.5. The van der Waals surface area contributed by atoms with Crippen molar-refractivity contribution in [3.63, 3.8) is 0 Å². The van der Waals surface area contributed by atoms with Crippen molar-refractivity contribution >= 4 is 22.2 Å². The van der Waals surface area contributed by atoms with Gasteiger partial charge in [0.25, 0.3) is 0 Å². The molecule has 0 bridgehead atoms. The minimum absolute atomic E-state index is 0.752. The van der Waals surface area contributed by atoms with Crippen LogP contribution in [0.5, 0.6) is 0 Å². The Kier molecular flexibility index (Phi) is 4.20. The number of alkyl halides is 3. The molecule has 0 aromatic heterocycles. The van der Waals surface area contributed by atoms with Crippen LogP contribution in [0.3, 0.4) is 0 Å². The third-order valence-electron chi connectivity index (χ3n) is 1.68. The molecule has 0 radical (unpaired) electrons. The van der Waals surface area contributed by atoms with Gasteiger partial charge in [0.2, 0.25) is 0 Å². The second-order valence-electron chi connectivity index (χ2n) is 5.57. The highest BCUT2D eigenvalue weighted by Crippen LogP contribution is 2.20. The number of carbonyl (C=O) groups is 1. The normalized spacial score (nSPS) is 13.9. The fourth-order valence-corrected chi connectivity index (χ4v) is 13.5. The third kappa shape index (κ3) is 6.72. The number of rotatable bonds is 3. The molecule has 0 aromatic rings. The minimum Gasteiger partial charge on any atom is -0.375 e. The van der Waals surface area contributed by atoms with Gasteiger partial charge in [-0.3, -0.25) is 4.79 Å². The number of carbonyl (C=O) groups excluding carboxylic acids is 1. The van der Waals surface area contributed by atoms with Gasteiger partial charge in [-0.05, 0) is 5.67 Å². The molecule has 1 N–H and O–H groups in total. The van der Waals surface area contributed by atoms with E-state index in [-0.39, 0.29) is 0 Å². The molecule has 0 aliphatic carbocycles. The second-order valence-corrected chi connectivity index (χ2v) is 16.1. The van der Waals surface area contributed by atoms with Gasteiger partial charge in [0.1, 0.15) is 8.24 Å². The molecule has 0 rings (SSSR count). The van der Waals surface area contributed by atoms with Crippen LogP contribution in [0.1, 0.15) is 0 Å². The fourth-order valence-electron chi connectivity index (χ4n) is 1.75. The molecule has 0 unspecified atom stereocenters. The van der Waals surface area contributed by atoms with E-state index in [4.69, 9.17) is 0 Å². The Labute approximate surface area is 90.3 Å². The maximum atomic E-state index is 12.0. The minimum atomic E-state index is -4.76. The van der Waals surface area contributed by atoms with Crippen LogP contribution in [-0.2, 0) is 4.79 Å². The summed E-state index contributed by atoms with van der Waals surface area (Å²) < 4.78 is 36.1. The smallest absolute Gasteiger partial charge is 0.375 e. The largest absolute Gasteiger partial charge is 0.470 e. The van der Waals surface area contributed by atoms with E-state index in [2.05, 4.69) is 24.6 Å². The van der Waals surface area contributed by atoms with Crippen molar-refractivity contribution in [2.24, 2.45) is 0 Å². The van der Waals surface area contributed by atoms with Gasteiger partial charge in [0, 0.05) is 8.07 Å². The molecule has 7 heteroatoms. The Morgan fingerprint density at radius 3 is 1.80 bits per heavy atom. The van der Waals surface area contributed by atoms with Crippen molar-refractivity contribution < 1.29 is 18.0 Å². The quantitative estimate of drug-likeness (QED) is 0.774. The predicted molar refractivity (Wildman–Crippen MR) is 59.8 cm³/mol. The van der Waals surface area contributed by atoms with Crippen LogP contribution in [-0.4, -0.2) is 28.4 Å². The highest BCUT2D eigenvalue weighted by atomic mass is 28.4. The lowest BCUT2D eigenvalue weighted by Crippen LogP contribution is -2.56. The molecule has 0 aliphatic heterocycles. The summed E-state index contributed by atoms with van der Waals surface area (Å²) in [6.07, 6.45) is -4.76. The molecule has 0 aliphatic rings. The van der Waals surface area contributed by atoms with Crippen LogP contribution >= 0.6 is 0 Å². The van der Waals surface area contributed by atoms with E-state index in [1.165, 1.54) is 0 Å². The lowest BCUT2D eigenvalue weighted by molar-refractivity contribution is -0.171. The summed E-state index contributed by atoms with van der Waals surface area (Å²) in [4.78, 5) is 12.9. The molecule has 0 aromatic carbocycles. The van der Waals surface area contributed by atoms with Crippen LogP contribution in [0.4, 0.5) is 13.2 Å². The standard InChI is InChI=1S/C8H18F3NOSi2/c1-14(2,3)6-15(4,5)12-7(13)8(9,10)11/h6H2,1-5H3,(H,12,13). The maximum absolute atomic E-state index is 12.0. The van der Waals surface area contributed by atoms with E-state index in [9.17, 15) is 18.0 Å². The van der Waals surface area contributed by atoms with Crippen molar-refractivity contribution in [3.8, 4) is 0 Å². The van der Waals surface area contributed by atoms with Crippen molar-refractivity contribution in [1.29, 1.82) is 0 Å². The van der Waals surface area contributed by atoms with E-state index in [1.807, 2.05) is 0 Å². The Hall–Kier alpha value is -0.306. The van der Waals surface area contributed by atoms with Gasteiger partial charge < -0.3 is 4.98 Å².